The average Bonchev–Trinajstić information content (AvgIpc) is 3.22. The summed E-state index contributed by atoms with van der Waals surface area (Å²) < 4.78 is 5.74. The second-order valence-electron chi connectivity index (χ2n) is 7.39. The zero-order valence-electron chi connectivity index (χ0n) is 17.7. The normalized spacial score (nSPS) is 16.7. The Morgan fingerprint density at radius 3 is 2.90 bits per heavy atom. The SMILES string of the molecule is CCNC(=NCCCCOCc1ccccc1)NC1CCN(c2ncccc2Cl)C1. The number of aromatic nitrogens is 1. The van der Waals surface area contributed by atoms with Crippen LogP contribution in [-0.4, -0.2) is 49.8 Å². The molecule has 162 valence electrons. The Morgan fingerprint density at radius 2 is 2.10 bits per heavy atom. The summed E-state index contributed by atoms with van der Waals surface area (Å²) in [7, 11) is 0. The molecule has 1 saturated heterocycles. The summed E-state index contributed by atoms with van der Waals surface area (Å²) in [4.78, 5) is 11.4. The van der Waals surface area contributed by atoms with Crippen LogP contribution >= 0.6 is 11.6 Å². The van der Waals surface area contributed by atoms with Crippen LogP contribution in [0, 0.1) is 0 Å². The van der Waals surface area contributed by atoms with E-state index >= 15 is 0 Å². The minimum Gasteiger partial charge on any atom is -0.377 e. The maximum absolute atomic E-state index is 6.29. The Hall–Kier alpha value is -2.31. The van der Waals surface area contributed by atoms with Crippen molar-refractivity contribution in [1.29, 1.82) is 0 Å². The monoisotopic (exact) mass is 429 g/mol. The van der Waals surface area contributed by atoms with E-state index in [9.17, 15) is 0 Å². The summed E-state index contributed by atoms with van der Waals surface area (Å²) in [5.41, 5.74) is 1.21. The number of guanidine groups is 1. The van der Waals surface area contributed by atoms with Crippen LogP contribution in [0.25, 0.3) is 0 Å². The molecular weight excluding hydrogens is 398 g/mol. The smallest absolute Gasteiger partial charge is 0.191 e. The van der Waals surface area contributed by atoms with Gasteiger partial charge in [-0.1, -0.05) is 41.9 Å². The molecule has 30 heavy (non-hydrogen) atoms. The van der Waals surface area contributed by atoms with Gasteiger partial charge in [-0.25, -0.2) is 4.98 Å². The number of nitrogens with one attached hydrogen (secondary N) is 2. The number of aliphatic imine (C=N–C) groups is 1. The molecule has 1 unspecified atom stereocenters. The third-order valence-corrected chi connectivity index (χ3v) is 5.29. The molecule has 0 bridgehead atoms. The van der Waals surface area contributed by atoms with Crippen molar-refractivity contribution in [2.24, 2.45) is 4.99 Å². The molecular formula is C23H32ClN5O. The van der Waals surface area contributed by atoms with Gasteiger partial charge in [0.05, 0.1) is 11.6 Å². The highest BCUT2D eigenvalue weighted by molar-refractivity contribution is 6.32. The fourth-order valence-corrected chi connectivity index (χ4v) is 3.71. The van der Waals surface area contributed by atoms with Gasteiger partial charge in [-0.15, -0.1) is 0 Å². The minimum absolute atomic E-state index is 0.329. The average molecular weight is 430 g/mol. The van der Waals surface area contributed by atoms with Crippen molar-refractivity contribution in [1.82, 2.24) is 15.6 Å². The summed E-state index contributed by atoms with van der Waals surface area (Å²) in [6.07, 6.45) is 4.83. The fourth-order valence-electron chi connectivity index (χ4n) is 3.46. The third kappa shape index (κ3) is 7.18. The third-order valence-electron chi connectivity index (χ3n) is 4.99. The van der Waals surface area contributed by atoms with Crippen molar-refractivity contribution in [3.8, 4) is 0 Å². The van der Waals surface area contributed by atoms with Crippen molar-refractivity contribution < 1.29 is 4.74 Å². The number of nitrogens with zero attached hydrogens (tertiary/aromatic N) is 3. The lowest BCUT2D eigenvalue weighted by molar-refractivity contribution is 0.117. The minimum atomic E-state index is 0.329. The summed E-state index contributed by atoms with van der Waals surface area (Å²) >= 11 is 6.29. The molecule has 1 atom stereocenters. The van der Waals surface area contributed by atoms with E-state index in [0.717, 1.165) is 63.8 Å². The highest BCUT2D eigenvalue weighted by atomic mass is 35.5. The predicted octanol–water partition coefficient (Wildman–Crippen LogP) is 3.87. The van der Waals surface area contributed by atoms with Gasteiger partial charge in [0, 0.05) is 45.0 Å². The van der Waals surface area contributed by atoms with Gasteiger partial charge in [0.25, 0.3) is 0 Å². The van der Waals surface area contributed by atoms with Crippen LogP contribution in [0.5, 0.6) is 0 Å². The molecule has 2 N–H and O–H groups in total. The summed E-state index contributed by atoms with van der Waals surface area (Å²) in [6.45, 7) is 6.95. The standard InChI is InChI=1S/C23H32ClN5O/c1-2-25-23(27-13-6-7-16-30-18-19-9-4-3-5-10-19)28-20-12-15-29(17-20)22-21(24)11-8-14-26-22/h3-5,8-11,14,20H,2,6-7,12-13,15-18H2,1H3,(H2,25,27,28). The van der Waals surface area contributed by atoms with Gasteiger partial charge in [-0.3, -0.25) is 4.99 Å². The summed E-state index contributed by atoms with van der Waals surface area (Å²) in [5, 5.41) is 7.60. The number of ether oxygens (including phenoxy) is 1. The zero-order chi connectivity index (χ0) is 21.0. The molecule has 0 amide bonds. The fraction of sp³-hybridized carbons (Fsp3) is 0.478. The van der Waals surface area contributed by atoms with Gasteiger partial charge < -0.3 is 20.3 Å². The first kappa shape index (κ1) is 22.4. The molecule has 1 aliphatic heterocycles. The van der Waals surface area contributed by atoms with Crippen molar-refractivity contribution in [2.75, 3.05) is 37.7 Å². The van der Waals surface area contributed by atoms with E-state index in [1.807, 2.05) is 30.3 Å². The molecule has 1 aliphatic rings. The second kappa shape index (κ2) is 12.4. The highest BCUT2D eigenvalue weighted by Crippen LogP contribution is 2.25. The van der Waals surface area contributed by atoms with Gasteiger partial charge in [0.1, 0.15) is 5.82 Å². The Bertz CT molecular complexity index is 786. The molecule has 7 heteroatoms. The molecule has 0 aliphatic carbocycles. The van der Waals surface area contributed by atoms with E-state index in [2.05, 4.69) is 39.6 Å². The van der Waals surface area contributed by atoms with Crippen molar-refractivity contribution in [3.63, 3.8) is 0 Å². The van der Waals surface area contributed by atoms with Crippen molar-refractivity contribution in [3.05, 3.63) is 59.2 Å². The molecule has 6 nitrogen and oxygen atoms in total. The molecule has 0 saturated carbocycles. The maximum Gasteiger partial charge on any atom is 0.191 e. The van der Waals surface area contributed by atoms with Crippen LogP contribution < -0.4 is 15.5 Å². The first-order valence-corrected chi connectivity index (χ1v) is 11.2. The van der Waals surface area contributed by atoms with Crippen LogP contribution in [0.3, 0.4) is 0 Å². The molecule has 1 aromatic carbocycles. The Balaban J connectivity index is 1.36. The topological polar surface area (TPSA) is 61.8 Å². The highest BCUT2D eigenvalue weighted by Gasteiger charge is 2.25. The van der Waals surface area contributed by atoms with E-state index < -0.39 is 0 Å². The Morgan fingerprint density at radius 1 is 1.23 bits per heavy atom. The summed E-state index contributed by atoms with van der Waals surface area (Å²) in [5.74, 6) is 1.74. The van der Waals surface area contributed by atoms with Crippen molar-refractivity contribution >= 4 is 23.4 Å². The van der Waals surface area contributed by atoms with Crippen LogP contribution in [0.1, 0.15) is 31.7 Å². The largest absolute Gasteiger partial charge is 0.377 e. The second-order valence-corrected chi connectivity index (χ2v) is 7.80. The molecule has 0 spiro atoms. The van der Waals surface area contributed by atoms with Crippen molar-refractivity contribution in [2.45, 2.75) is 38.8 Å². The maximum atomic E-state index is 6.29. The first-order valence-electron chi connectivity index (χ1n) is 10.8. The first-order chi connectivity index (χ1) is 14.8. The van der Waals surface area contributed by atoms with Gasteiger partial charge in [-0.05, 0) is 43.9 Å². The van der Waals surface area contributed by atoms with E-state index in [1.165, 1.54) is 5.56 Å². The van der Waals surface area contributed by atoms with Gasteiger partial charge in [-0.2, -0.15) is 0 Å². The van der Waals surface area contributed by atoms with E-state index in [-0.39, 0.29) is 0 Å². The molecule has 3 rings (SSSR count). The summed E-state index contributed by atoms with van der Waals surface area (Å²) in [6, 6.07) is 14.4. The van der Waals surface area contributed by atoms with E-state index in [0.29, 0.717) is 17.7 Å². The van der Waals surface area contributed by atoms with Gasteiger partial charge >= 0.3 is 0 Å². The number of anilines is 1. The number of hydrogen-bond donors (Lipinski definition) is 2. The number of hydrogen-bond acceptors (Lipinski definition) is 4. The number of rotatable bonds is 10. The van der Waals surface area contributed by atoms with Crippen LogP contribution in [0.15, 0.2) is 53.7 Å². The number of benzene rings is 1. The van der Waals surface area contributed by atoms with Crippen LogP contribution in [0.2, 0.25) is 5.02 Å². The number of unbranched alkanes of at least 4 members (excludes halogenated alkanes) is 1. The molecule has 2 heterocycles. The zero-order valence-corrected chi connectivity index (χ0v) is 18.4. The molecule has 1 fully saturated rings. The van der Waals surface area contributed by atoms with Crippen LogP contribution in [-0.2, 0) is 11.3 Å². The lowest BCUT2D eigenvalue weighted by Crippen LogP contribution is -2.44. The number of pyridine rings is 1. The lowest BCUT2D eigenvalue weighted by atomic mass is 10.2. The molecule has 1 aromatic heterocycles. The molecule has 2 aromatic rings. The van der Waals surface area contributed by atoms with Gasteiger partial charge in [0.15, 0.2) is 5.96 Å². The quantitative estimate of drug-likeness (QED) is 0.341. The van der Waals surface area contributed by atoms with E-state index in [1.54, 1.807) is 6.20 Å². The van der Waals surface area contributed by atoms with Gasteiger partial charge in [0.2, 0.25) is 0 Å². The molecule has 0 radical (unpaired) electrons. The Labute approximate surface area is 184 Å². The lowest BCUT2D eigenvalue weighted by Gasteiger charge is -2.20. The predicted molar refractivity (Wildman–Crippen MR) is 124 cm³/mol. The Kier molecular flexibility index (Phi) is 9.25. The van der Waals surface area contributed by atoms with E-state index in [4.69, 9.17) is 21.3 Å². The number of halogens is 1. The van der Waals surface area contributed by atoms with Crippen LogP contribution in [0.4, 0.5) is 5.82 Å².